The third-order valence-electron chi connectivity index (χ3n) is 2.54. The molecule has 84 valence electrons. The Kier molecular flexibility index (Phi) is 2.26. The van der Waals surface area contributed by atoms with Gasteiger partial charge in [-0.2, -0.15) is 0 Å². The zero-order chi connectivity index (χ0) is 11.9. The van der Waals surface area contributed by atoms with E-state index in [4.69, 9.17) is 4.42 Å². The Morgan fingerprint density at radius 3 is 2.44 bits per heavy atom. The summed E-state index contributed by atoms with van der Waals surface area (Å²) in [6.45, 7) is 5.61. The minimum absolute atomic E-state index is 0.0272. The fraction of sp³-hybridized carbons (Fsp3) is 0.308. The van der Waals surface area contributed by atoms with Crippen molar-refractivity contribution in [1.82, 2.24) is 0 Å². The van der Waals surface area contributed by atoms with Crippen molar-refractivity contribution in [2.75, 3.05) is 0 Å². The maximum atomic E-state index is 11.8. The molecular formula is C13H14O3. The van der Waals surface area contributed by atoms with Crippen LogP contribution >= 0.6 is 0 Å². The average molecular weight is 218 g/mol. The third-order valence-corrected chi connectivity index (χ3v) is 2.54. The Labute approximate surface area is 93.3 Å². The second-order valence-electron chi connectivity index (χ2n) is 4.86. The Balaban J connectivity index is 2.92. The molecule has 0 saturated heterocycles. The molecular weight excluding hydrogens is 204 g/mol. The molecule has 0 aliphatic carbocycles. The topological polar surface area (TPSA) is 50.4 Å². The van der Waals surface area contributed by atoms with E-state index in [0.717, 1.165) is 0 Å². The van der Waals surface area contributed by atoms with Gasteiger partial charge in [0.2, 0.25) is 0 Å². The van der Waals surface area contributed by atoms with Crippen LogP contribution in [0.25, 0.3) is 11.0 Å². The highest BCUT2D eigenvalue weighted by atomic mass is 16.4. The number of rotatable bonds is 0. The van der Waals surface area contributed by atoms with Crippen LogP contribution in [0.5, 0.6) is 5.75 Å². The Morgan fingerprint density at radius 2 is 1.81 bits per heavy atom. The molecule has 0 radical (unpaired) electrons. The van der Waals surface area contributed by atoms with Gasteiger partial charge < -0.3 is 9.52 Å². The van der Waals surface area contributed by atoms with Crippen molar-refractivity contribution >= 4 is 11.0 Å². The molecule has 3 heteroatoms. The lowest BCUT2D eigenvalue weighted by atomic mass is 9.87. The zero-order valence-corrected chi connectivity index (χ0v) is 9.57. The molecule has 16 heavy (non-hydrogen) atoms. The van der Waals surface area contributed by atoms with E-state index in [-0.39, 0.29) is 5.75 Å². The van der Waals surface area contributed by atoms with Gasteiger partial charge in [-0.1, -0.05) is 32.9 Å². The van der Waals surface area contributed by atoms with E-state index in [9.17, 15) is 9.90 Å². The summed E-state index contributed by atoms with van der Waals surface area (Å²) in [6, 6.07) is 6.97. The van der Waals surface area contributed by atoms with Crippen LogP contribution in [0, 0.1) is 0 Å². The quantitative estimate of drug-likeness (QED) is 0.692. The molecule has 0 amide bonds. The molecule has 0 bridgehead atoms. The smallest absolute Gasteiger partial charge is 0.343 e. The lowest BCUT2D eigenvalue weighted by Crippen LogP contribution is -2.22. The summed E-state index contributed by atoms with van der Waals surface area (Å²) < 4.78 is 5.18. The lowest BCUT2D eigenvalue weighted by molar-refractivity contribution is 0.426. The first-order chi connectivity index (χ1) is 7.41. The highest BCUT2D eigenvalue weighted by molar-refractivity contribution is 5.84. The van der Waals surface area contributed by atoms with Crippen molar-refractivity contribution in [1.29, 1.82) is 0 Å². The summed E-state index contributed by atoms with van der Waals surface area (Å²) in [6.07, 6.45) is 0. The van der Waals surface area contributed by atoms with Crippen molar-refractivity contribution < 1.29 is 9.52 Å². The van der Waals surface area contributed by atoms with Gasteiger partial charge in [0, 0.05) is 0 Å². The van der Waals surface area contributed by atoms with Gasteiger partial charge in [-0.15, -0.1) is 0 Å². The monoisotopic (exact) mass is 218 g/mol. The van der Waals surface area contributed by atoms with Crippen molar-refractivity contribution in [2.24, 2.45) is 0 Å². The number of hydrogen-bond donors (Lipinski definition) is 1. The Morgan fingerprint density at radius 1 is 1.19 bits per heavy atom. The summed E-state index contributed by atoms with van der Waals surface area (Å²) in [5.74, 6) is 0.0272. The fourth-order valence-corrected chi connectivity index (χ4v) is 1.79. The van der Waals surface area contributed by atoms with E-state index in [1.807, 2.05) is 20.8 Å². The third kappa shape index (κ3) is 1.58. The largest absolute Gasteiger partial charge is 0.507 e. The second-order valence-corrected chi connectivity index (χ2v) is 4.86. The van der Waals surface area contributed by atoms with Crippen LogP contribution in [-0.4, -0.2) is 5.11 Å². The molecule has 1 N–H and O–H groups in total. The molecule has 1 aromatic heterocycles. The van der Waals surface area contributed by atoms with Gasteiger partial charge >= 0.3 is 5.63 Å². The van der Waals surface area contributed by atoms with Crippen molar-refractivity contribution in [2.45, 2.75) is 26.2 Å². The minimum atomic E-state index is -0.469. The molecule has 0 fully saturated rings. The van der Waals surface area contributed by atoms with Crippen LogP contribution < -0.4 is 5.63 Å². The maximum absolute atomic E-state index is 11.8. The molecule has 0 spiro atoms. The van der Waals surface area contributed by atoms with Crippen LogP contribution in [0.1, 0.15) is 26.3 Å². The summed E-state index contributed by atoms with van der Waals surface area (Å²) in [4.78, 5) is 11.8. The number of fused-ring (bicyclic) bond motifs is 1. The first-order valence-electron chi connectivity index (χ1n) is 5.16. The average Bonchev–Trinajstić information content (AvgIpc) is 2.15. The first kappa shape index (κ1) is 10.7. The summed E-state index contributed by atoms with van der Waals surface area (Å²) in [5.41, 5.74) is -0.165. The SMILES string of the molecule is CC(C)(C)c1c(O)c2ccccc2oc1=O. The number of hydrogen-bond acceptors (Lipinski definition) is 3. The van der Waals surface area contributed by atoms with E-state index in [0.29, 0.717) is 16.5 Å². The number of benzene rings is 1. The van der Waals surface area contributed by atoms with Gasteiger partial charge in [0.1, 0.15) is 11.3 Å². The van der Waals surface area contributed by atoms with Crippen LogP contribution in [0.3, 0.4) is 0 Å². The normalized spacial score (nSPS) is 11.9. The second kappa shape index (κ2) is 3.37. The Hall–Kier alpha value is -1.77. The van der Waals surface area contributed by atoms with Crippen LogP contribution in [-0.2, 0) is 5.41 Å². The van der Waals surface area contributed by atoms with Gasteiger partial charge in [-0.3, -0.25) is 0 Å². The van der Waals surface area contributed by atoms with E-state index < -0.39 is 11.0 Å². The maximum Gasteiger partial charge on any atom is 0.343 e. The van der Waals surface area contributed by atoms with Crippen molar-refractivity contribution in [3.8, 4) is 5.75 Å². The molecule has 0 aliphatic heterocycles. The molecule has 2 rings (SSSR count). The minimum Gasteiger partial charge on any atom is -0.507 e. The molecule has 0 unspecified atom stereocenters. The van der Waals surface area contributed by atoms with Crippen LogP contribution in [0.4, 0.5) is 0 Å². The molecule has 3 nitrogen and oxygen atoms in total. The standard InChI is InChI=1S/C13H14O3/c1-13(2,3)10-11(14)8-6-4-5-7-9(8)16-12(10)15/h4-7,14H,1-3H3. The number of para-hydroxylation sites is 1. The first-order valence-corrected chi connectivity index (χ1v) is 5.16. The van der Waals surface area contributed by atoms with E-state index in [1.165, 1.54) is 0 Å². The summed E-state index contributed by atoms with van der Waals surface area (Å²) >= 11 is 0. The van der Waals surface area contributed by atoms with Gasteiger partial charge in [0.05, 0.1) is 10.9 Å². The van der Waals surface area contributed by atoms with Crippen LogP contribution in [0.15, 0.2) is 33.5 Å². The molecule has 0 atom stereocenters. The van der Waals surface area contributed by atoms with Gasteiger partial charge in [0.25, 0.3) is 0 Å². The predicted octanol–water partition coefficient (Wildman–Crippen LogP) is 2.80. The lowest BCUT2D eigenvalue weighted by Gasteiger charge is -2.18. The van der Waals surface area contributed by atoms with Crippen molar-refractivity contribution in [3.05, 3.63) is 40.2 Å². The summed E-state index contributed by atoms with van der Waals surface area (Å²) in [7, 11) is 0. The van der Waals surface area contributed by atoms with E-state index in [1.54, 1.807) is 24.3 Å². The van der Waals surface area contributed by atoms with Gasteiger partial charge in [-0.25, -0.2) is 4.79 Å². The predicted molar refractivity (Wildman–Crippen MR) is 62.8 cm³/mol. The van der Waals surface area contributed by atoms with E-state index in [2.05, 4.69) is 0 Å². The van der Waals surface area contributed by atoms with Gasteiger partial charge in [-0.05, 0) is 17.5 Å². The molecule has 0 aliphatic rings. The highest BCUT2D eigenvalue weighted by Gasteiger charge is 2.25. The van der Waals surface area contributed by atoms with Gasteiger partial charge in [0.15, 0.2) is 0 Å². The summed E-state index contributed by atoms with van der Waals surface area (Å²) in [5, 5.41) is 10.7. The zero-order valence-electron chi connectivity index (χ0n) is 9.57. The fourth-order valence-electron chi connectivity index (χ4n) is 1.79. The molecule has 2 aromatic rings. The highest BCUT2D eigenvalue weighted by Crippen LogP contribution is 2.33. The Bertz CT molecular complexity index is 588. The molecule has 1 heterocycles. The van der Waals surface area contributed by atoms with Crippen LogP contribution in [0.2, 0.25) is 0 Å². The molecule has 1 aromatic carbocycles. The van der Waals surface area contributed by atoms with E-state index >= 15 is 0 Å². The molecule has 0 saturated carbocycles. The van der Waals surface area contributed by atoms with Crippen molar-refractivity contribution in [3.63, 3.8) is 0 Å². The number of aromatic hydroxyl groups is 1.